The van der Waals surface area contributed by atoms with Crippen LogP contribution >= 0.6 is 0 Å². The lowest BCUT2D eigenvalue weighted by molar-refractivity contribution is -0.134. The first kappa shape index (κ1) is 24.1. The lowest BCUT2D eigenvalue weighted by atomic mass is 10.0. The second-order valence-electron chi connectivity index (χ2n) is 9.08. The minimum absolute atomic E-state index is 0.159. The van der Waals surface area contributed by atoms with E-state index in [-0.39, 0.29) is 23.9 Å². The van der Waals surface area contributed by atoms with Gasteiger partial charge in [-0.3, -0.25) is 4.79 Å². The molecule has 0 N–H and O–H groups in total. The average Bonchev–Trinajstić information content (AvgIpc) is 3.31. The summed E-state index contributed by atoms with van der Waals surface area (Å²) in [6.45, 7) is 4.70. The summed E-state index contributed by atoms with van der Waals surface area (Å²) in [4.78, 5) is 19.2. The van der Waals surface area contributed by atoms with Gasteiger partial charge >= 0.3 is 0 Å². The van der Waals surface area contributed by atoms with Gasteiger partial charge in [-0.25, -0.2) is 8.42 Å². The zero-order chi connectivity index (χ0) is 25.3. The van der Waals surface area contributed by atoms with Gasteiger partial charge in [0.1, 0.15) is 0 Å². The molecule has 1 saturated heterocycles. The summed E-state index contributed by atoms with van der Waals surface area (Å²) in [6.07, 6.45) is 1.91. The van der Waals surface area contributed by atoms with Gasteiger partial charge in [0.15, 0.2) is 0 Å². The quantitative estimate of drug-likeness (QED) is 0.375. The number of amides is 1. The summed E-state index contributed by atoms with van der Waals surface area (Å²) in [6, 6.07) is 19.0. The van der Waals surface area contributed by atoms with Gasteiger partial charge in [-0.05, 0) is 52.6 Å². The first-order valence-corrected chi connectivity index (χ1v) is 13.5. The maximum absolute atomic E-state index is 13.1. The summed E-state index contributed by atoms with van der Waals surface area (Å²) in [5, 5.41) is 6.06. The fraction of sp³-hybridized carbons (Fsp3) is 0.296. The van der Waals surface area contributed by atoms with E-state index in [1.165, 1.54) is 4.31 Å². The van der Waals surface area contributed by atoms with Crippen LogP contribution in [-0.2, 0) is 27.8 Å². The van der Waals surface area contributed by atoms with E-state index in [1.807, 2.05) is 48.5 Å². The van der Waals surface area contributed by atoms with Gasteiger partial charge in [0.2, 0.25) is 27.6 Å². The Morgan fingerprint density at radius 3 is 2.39 bits per heavy atom. The van der Waals surface area contributed by atoms with Crippen molar-refractivity contribution in [2.24, 2.45) is 0 Å². The molecule has 0 spiro atoms. The normalized spacial score (nSPS) is 15.1. The minimum atomic E-state index is -3.71. The fourth-order valence-electron chi connectivity index (χ4n) is 4.50. The molecule has 3 aromatic carbocycles. The van der Waals surface area contributed by atoms with E-state index in [2.05, 4.69) is 17.1 Å². The van der Waals surface area contributed by atoms with Gasteiger partial charge in [-0.2, -0.15) is 9.29 Å². The summed E-state index contributed by atoms with van der Waals surface area (Å²) < 4.78 is 32.6. The van der Waals surface area contributed by atoms with Crippen LogP contribution in [0.4, 0.5) is 0 Å². The molecule has 4 aromatic rings. The SMILES string of the molecule is CCCc1ccc(S(=O)(=O)N2CCN(Cc3ccc4ccc(-c5noc(C)n5)cc4c3)C(=O)C2)cc1. The number of carbonyl (C=O) groups is 1. The first-order chi connectivity index (χ1) is 17.3. The first-order valence-electron chi connectivity index (χ1n) is 12.0. The maximum Gasteiger partial charge on any atom is 0.243 e. The molecule has 0 atom stereocenters. The number of aromatic nitrogens is 2. The predicted molar refractivity (Wildman–Crippen MR) is 137 cm³/mol. The Bertz CT molecular complexity index is 1510. The van der Waals surface area contributed by atoms with Crippen molar-refractivity contribution in [3.05, 3.63) is 77.7 Å². The fourth-order valence-corrected chi connectivity index (χ4v) is 5.88. The molecular weight excluding hydrogens is 476 g/mol. The van der Waals surface area contributed by atoms with Crippen LogP contribution in [-0.4, -0.2) is 53.3 Å². The molecule has 0 bridgehead atoms. The third-order valence-corrected chi connectivity index (χ3v) is 8.31. The number of rotatable bonds is 7. The van der Waals surface area contributed by atoms with Gasteiger partial charge < -0.3 is 9.42 Å². The zero-order valence-corrected chi connectivity index (χ0v) is 21.2. The number of aryl methyl sites for hydroxylation is 2. The number of benzene rings is 3. The van der Waals surface area contributed by atoms with Crippen LogP contribution in [0.5, 0.6) is 0 Å². The molecule has 1 fully saturated rings. The standard InChI is InChI=1S/C27H28N4O4S/c1-3-4-20-6-11-25(12-7-20)36(33,34)31-14-13-30(26(32)18-31)17-21-5-8-22-9-10-23(16-24(22)15-21)27-28-19(2)35-29-27/h5-12,15-16H,3-4,13-14,17-18H2,1-2H3. The largest absolute Gasteiger partial charge is 0.339 e. The molecule has 1 amide bonds. The van der Waals surface area contributed by atoms with Gasteiger partial charge in [0, 0.05) is 32.1 Å². The monoisotopic (exact) mass is 504 g/mol. The van der Waals surface area contributed by atoms with Gasteiger partial charge in [0.05, 0.1) is 11.4 Å². The highest BCUT2D eigenvalue weighted by Crippen LogP contribution is 2.25. The van der Waals surface area contributed by atoms with Gasteiger partial charge in [0.25, 0.3) is 0 Å². The minimum Gasteiger partial charge on any atom is -0.339 e. The average molecular weight is 505 g/mol. The lowest BCUT2D eigenvalue weighted by Crippen LogP contribution is -2.51. The van der Waals surface area contributed by atoms with Crippen molar-refractivity contribution < 1.29 is 17.7 Å². The Hall–Kier alpha value is -3.56. The van der Waals surface area contributed by atoms with Crippen LogP contribution in [0.3, 0.4) is 0 Å². The number of hydrogen-bond donors (Lipinski definition) is 0. The molecule has 0 unspecified atom stereocenters. The topological polar surface area (TPSA) is 96.6 Å². The smallest absolute Gasteiger partial charge is 0.243 e. The summed E-state index contributed by atoms with van der Waals surface area (Å²) >= 11 is 0. The highest BCUT2D eigenvalue weighted by Gasteiger charge is 2.32. The Morgan fingerprint density at radius 1 is 0.944 bits per heavy atom. The van der Waals surface area contributed by atoms with Gasteiger partial charge in [-0.1, -0.05) is 54.9 Å². The third-order valence-electron chi connectivity index (χ3n) is 6.45. The number of fused-ring (bicyclic) bond motifs is 1. The van der Waals surface area contributed by atoms with Crippen LogP contribution in [0.2, 0.25) is 0 Å². The molecule has 1 aliphatic rings. The molecule has 8 nitrogen and oxygen atoms in total. The Balaban J connectivity index is 1.28. The molecule has 1 aliphatic heterocycles. The number of piperazine rings is 1. The summed E-state index contributed by atoms with van der Waals surface area (Å²) in [5.74, 6) is 0.836. The molecule has 1 aromatic heterocycles. The van der Waals surface area contributed by atoms with Crippen molar-refractivity contribution in [1.29, 1.82) is 0 Å². The summed E-state index contributed by atoms with van der Waals surface area (Å²) in [5.41, 5.74) is 2.93. The Morgan fingerprint density at radius 2 is 1.69 bits per heavy atom. The highest BCUT2D eigenvalue weighted by atomic mass is 32.2. The Labute approximate surface area is 210 Å². The lowest BCUT2D eigenvalue weighted by Gasteiger charge is -2.33. The van der Waals surface area contributed by atoms with E-state index < -0.39 is 10.0 Å². The zero-order valence-electron chi connectivity index (χ0n) is 20.3. The molecule has 186 valence electrons. The Kier molecular flexibility index (Phi) is 6.59. The van der Waals surface area contributed by atoms with Crippen LogP contribution in [0, 0.1) is 6.92 Å². The van der Waals surface area contributed by atoms with Crippen molar-refractivity contribution in [2.75, 3.05) is 19.6 Å². The number of nitrogens with zero attached hydrogens (tertiary/aromatic N) is 4. The van der Waals surface area contributed by atoms with E-state index in [0.29, 0.717) is 24.8 Å². The van der Waals surface area contributed by atoms with Crippen LogP contribution < -0.4 is 0 Å². The highest BCUT2D eigenvalue weighted by molar-refractivity contribution is 7.89. The summed E-state index contributed by atoms with van der Waals surface area (Å²) in [7, 11) is -3.71. The number of hydrogen-bond acceptors (Lipinski definition) is 6. The molecule has 0 saturated carbocycles. The second kappa shape index (κ2) is 9.83. The third kappa shape index (κ3) is 4.89. The van der Waals surface area contributed by atoms with E-state index in [9.17, 15) is 13.2 Å². The number of sulfonamides is 1. The van der Waals surface area contributed by atoms with Crippen molar-refractivity contribution in [1.82, 2.24) is 19.3 Å². The van der Waals surface area contributed by atoms with E-state index in [0.717, 1.165) is 40.3 Å². The molecular formula is C27H28N4O4S. The predicted octanol–water partition coefficient (Wildman–Crippen LogP) is 4.18. The van der Waals surface area contributed by atoms with Crippen molar-refractivity contribution >= 4 is 26.7 Å². The van der Waals surface area contributed by atoms with E-state index in [4.69, 9.17) is 4.52 Å². The van der Waals surface area contributed by atoms with Gasteiger partial charge in [-0.15, -0.1) is 0 Å². The molecule has 0 aliphatic carbocycles. The maximum atomic E-state index is 13.1. The van der Waals surface area contributed by atoms with E-state index >= 15 is 0 Å². The van der Waals surface area contributed by atoms with Crippen molar-refractivity contribution in [2.45, 2.75) is 38.1 Å². The number of carbonyl (C=O) groups excluding carboxylic acids is 1. The molecule has 9 heteroatoms. The van der Waals surface area contributed by atoms with Crippen LogP contribution in [0.1, 0.15) is 30.4 Å². The molecule has 36 heavy (non-hydrogen) atoms. The van der Waals surface area contributed by atoms with Crippen LogP contribution in [0.25, 0.3) is 22.2 Å². The molecule has 2 heterocycles. The van der Waals surface area contributed by atoms with Crippen molar-refractivity contribution in [3.8, 4) is 11.4 Å². The molecule has 0 radical (unpaired) electrons. The molecule has 5 rings (SSSR count). The second-order valence-corrected chi connectivity index (χ2v) is 11.0. The van der Waals surface area contributed by atoms with Crippen molar-refractivity contribution in [3.63, 3.8) is 0 Å². The van der Waals surface area contributed by atoms with Crippen LogP contribution in [0.15, 0.2) is 70.1 Å². The van der Waals surface area contributed by atoms with E-state index in [1.54, 1.807) is 24.0 Å².